The van der Waals surface area contributed by atoms with E-state index in [0.29, 0.717) is 15.9 Å². The molecule has 18 heavy (non-hydrogen) atoms. The summed E-state index contributed by atoms with van der Waals surface area (Å²) in [5.41, 5.74) is 0.785. The van der Waals surface area contributed by atoms with Crippen molar-refractivity contribution >= 4 is 27.4 Å². The molecule has 0 unspecified atom stereocenters. The second kappa shape index (κ2) is 4.84. The fraction of sp³-hybridized carbons (Fsp3) is 0.583. The van der Waals surface area contributed by atoms with Crippen LogP contribution in [0.3, 0.4) is 0 Å². The summed E-state index contributed by atoms with van der Waals surface area (Å²) in [6, 6.07) is 0. The molecule has 1 heterocycles. The van der Waals surface area contributed by atoms with E-state index in [-0.39, 0.29) is 11.2 Å². The number of nitro groups is 1. The van der Waals surface area contributed by atoms with E-state index in [9.17, 15) is 10.1 Å². The Morgan fingerprint density at radius 1 is 1.61 bits per heavy atom. The molecular formula is C12H16BrN3O2. The summed E-state index contributed by atoms with van der Waals surface area (Å²) >= 11 is 3.41. The second-order valence-electron chi connectivity index (χ2n) is 4.80. The number of rotatable bonds is 4. The lowest BCUT2D eigenvalue weighted by Crippen LogP contribution is -2.44. The van der Waals surface area contributed by atoms with E-state index in [2.05, 4.69) is 33.2 Å². The summed E-state index contributed by atoms with van der Waals surface area (Å²) in [6.07, 6.45) is 5.85. The molecule has 1 fully saturated rings. The molecule has 5 nitrogen and oxygen atoms in total. The van der Waals surface area contributed by atoms with Crippen LogP contribution in [0.15, 0.2) is 10.7 Å². The molecule has 0 aliphatic heterocycles. The molecule has 1 aromatic rings. The molecule has 2 rings (SSSR count). The number of nitrogens with one attached hydrogen (secondary N) is 1. The van der Waals surface area contributed by atoms with Gasteiger partial charge in [0.25, 0.3) is 5.69 Å². The van der Waals surface area contributed by atoms with Gasteiger partial charge in [-0.15, -0.1) is 0 Å². The first-order valence-electron chi connectivity index (χ1n) is 6.07. The summed E-state index contributed by atoms with van der Waals surface area (Å²) in [5.74, 6) is 0.708. The molecule has 0 radical (unpaired) electrons. The van der Waals surface area contributed by atoms with Gasteiger partial charge in [-0.1, -0.05) is 6.92 Å². The third-order valence-electron chi connectivity index (χ3n) is 3.80. The van der Waals surface area contributed by atoms with Crippen LogP contribution in [0.4, 0.5) is 11.5 Å². The summed E-state index contributed by atoms with van der Waals surface area (Å²) in [5, 5.41) is 14.3. The average Bonchev–Trinajstić information content (AvgIpc) is 2.28. The molecule has 1 saturated carbocycles. The number of anilines is 1. The van der Waals surface area contributed by atoms with Gasteiger partial charge in [-0.2, -0.15) is 0 Å². The summed E-state index contributed by atoms with van der Waals surface area (Å²) < 4.78 is 0.691. The van der Waals surface area contributed by atoms with Crippen LogP contribution in [0.1, 0.15) is 38.2 Å². The van der Waals surface area contributed by atoms with Crippen LogP contribution in [0.25, 0.3) is 0 Å². The predicted octanol–water partition coefficient (Wildman–Crippen LogP) is 3.81. The number of nitrogens with zero attached hydrogens (tertiary/aromatic N) is 2. The lowest BCUT2D eigenvalue weighted by atomic mass is 9.75. The van der Waals surface area contributed by atoms with Crippen molar-refractivity contribution in [2.75, 3.05) is 5.32 Å². The first kappa shape index (κ1) is 13.3. The van der Waals surface area contributed by atoms with Crippen molar-refractivity contribution < 1.29 is 4.92 Å². The van der Waals surface area contributed by atoms with Crippen LogP contribution in [-0.2, 0) is 0 Å². The standard InChI is InChI=1S/C12H16BrN3O2/c1-3-12(5-4-6-12)15-11-10(13)8(2)9(7-14-11)16(17)18/h7H,3-6H2,1-2H3,(H,14,15). The zero-order valence-electron chi connectivity index (χ0n) is 10.5. The van der Waals surface area contributed by atoms with Crippen LogP contribution in [0.2, 0.25) is 0 Å². The highest BCUT2D eigenvalue weighted by atomic mass is 79.9. The molecule has 1 aromatic heterocycles. The molecule has 6 heteroatoms. The Hall–Kier alpha value is -1.17. The maximum atomic E-state index is 10.8. The van der Waals surface area contributed by atoms with Gasteiger partial charge in [0, 0.05) is 11.1 Å². The molecule has 1 aliphatic carbocycles. The Morgan fingerprint density at radius 3 is 2.72 bits per heavy atom. The minimum absolute atomic E-state index is 0.0478. The van der Waals surface area contributed by atoms with Gasteiger partial charge in [0.1, 0.15) is 12.0 Å². The average molecular weight is 314 g/mol. The fourth-order valence-electron chi connectivity index (χ4n) is 2.26. The van der Waals surface area contributed by atoms with Gasteiger partial charge < -0.3 is 5.32 Å². The SMILES string of the molecule is CCC1(Nc2ncc([N+](=O)[O-])c(C)c2Br)CCC1. The van der Waals surface area contributed by atoms with Gasteiger partial charge in [0.2, 0.25) is 0 Å². The van der Waals surface area contributed by atoms with Crippen LogP contribution >= 0.6 is 15.9 Å². The summed E-state index contributed by atoms with van der Waals surface area (Å²) in [4.78, 5) is 14.6. The molecule has 0 atom stereocenters. The number of pyridine rings is 1. The lowest BCUT2D eigenvalue weighted by Gasteiger charge is -2.42. The summed E-state index contributed by atoms with van der Waals surface area (Å²) in [7, 11) is 0. The molecule has 0 aromatic carbocycles. The van der Waals surface area contributed by atoms with E-state index in [0.717, 1.165) is 19.3 Å². The molecule has 98 valence electrons. The van der Waals surface area contributed by atoms with Gasteiger partial charge in [0.05, 0.1) is 9.40 Å². The Kier molecular flexibility index (Phi) is 3.56. The van der Waals surface area contributed by atoms with E-state index in [1.807, 2.05) is 0 Å². The van der Waals surface area contributed by atoms with E-state index in [4.69, 9.17) is 0 Å². The molecular weight excluding hydrogens is 298 g/mol. The van der Waals surface area contributed by atoms with Crippen molar-refractivity contribution in [3.8, 4) is 0 Å². The zero-order chi connectivity index (χ0) is 13.3. The lowest BCUT2D eigenvalue weighted by molar-refractivity contribution is -0.385. The minimum Gasteiger partial charge on any atom is -0.364 e. The largest absolute Gasteiger partial charge is 0.364 e. The first-order chi connectivity index (χ1) is 8.49. The van der Waals surface area contributed by atoms with Crippen LogP contribution in [-0.4, -0.2) is 15.4 Å². The van der Waals surface area contributed by atoms with E-state index in [1.165, 1.54) is 12.6 Å². The maximum Gasteiger partial charge on any atom is 0.291 e. The van der Waals surface area contributed by atoms with Gasteiger partial charge >= 0.3 is 0 Å². The highest BCUT2D eigenvalue weighted by molar-refractivity contribution is 9.10. The highest BCUT2D eigenvalue weighted by Gasteiger charge is 2.36. The van der Waals surface area contributed by atoms with Crippen molar-refractivity contribution in [3.05, 3.63) is 26.3 Å². The Labute approximate surface area is 114 Å². The molecule has 0 amide bonds. The predicted molar refractivity (Wildman–Crippen MR) is 73.8 cm³/mol. The highest BCUT2D eigenvalue weighted by Crippen LogP contribution is 2.40. The van der Waals surface area contributed by atoms with Gasteiger partial charge in [-0.3, -0.25) is 10.1 Å². The van der Waals surface area contributed by atoms with E-state index < -0.39 is 4.92 Å². The van der Waals surface area contributed by atoms with Crippen LogP contribution in [0.5, 0.6) is 0 Å². The topological polar surface area (TPSA) is 68.1 Å². The van der Waals surface area contributed by atoms with Gasteiger partial charge in [-0.05, 0) is 48.5 Å². The van der Waals surface area contributed by atoms with Crippen molar-refractivity contribution in [1.82, 2.24) is 4.98 Å². The number of hydrogen-bond acceptors (Lipinski definition) is 4. The van der Waals surface area contributed by atoms with Crippen LogP contribution < -0.4 is 5.32 Å². The van der Waals surface area contributed by atoms with E-state index in [1.54, 1.807) is 6.92 Å². The molecule has 1 N–H and O–H groups in total. The van der Waals surface area contributed by atoms with E-state index >= 15 is 0 Å². The normalized spacial score (nSPS) is 17.1. The third-order valence-corrected chi connectivity index (χ3v) is 4.78. The maximum absolute atomic E-state index is 10.8. The van der Waals surface area contributed by atoms with Gasteiger partial charge in [0.15, 0.2) is 0 Å². The van der Waals surface area contributed by atoms with Crippen molar-refractivity contribution in [2.24, 2.45) is 0 Å². The molecule has 0 saturated heterocycles. The Morgan fingerprint density at radius 2 is 2.28 bits per heavy atom. The first-order valence-corrected chi connectivity index (χ1v) is 6.86. The zero-order valence-corrected chi connectivity index (χ0v) is 12.1. The Balaban J connectivity index is 2.30. The Bertz CT molecular complexity index is 481. The quantitative estimate of drug-likeness (QED) is 0.678. The third kappa shape index (κ3) is 2.21. The molecule has 1 aliphatic rings. The summed E-state index contributed by atoms with van der Waals surface area (Å²) in [6.45, 7) is 3.88. The number of hydrogen-bond donors (Lipinski definition) is 1. The smallest absolute Gasteiger partial charge is 0.291 e. The van der Waals surface area contributed by atoms with Crippen molar-refractivity contribution in [3.63, 3.8) is 0 Å². The monoisotopic (exact) mass is 313 g/mol. The van der Waals surface area contributed by atoms with Crippen molar-refractivity contribution in [2.45, 2.75) is 45.1 Å². The number of halogens is 1. The molecule has 0 bridgehead atoms. The number of aromatic nitrogens is 1. The second-order valence-corrected chi connectivity index (χ2v) is 5.59. The van der Waals surface area contributed by atoms with Gasteiger partial charge in [-0.25, -0.2) is 4.98 Å². The molecule has 0 spiro atoms. The van der Waals surface area contributed by atoms with Crippen LogP contribution in [0, 0.1) is 17.0 Å². The van der Waals surface area contributed by atoms with Crippen molar-refractivity contribution in [1.29, 1.82) is 0 Å². The minimum atomic E-state index is -0.407. The fourth-order valence-corrected chi connectivity index (χ4v) is 2.67.